The van der Waals surface area contributed by atoms with Crippen LogP contribution in [0.25, 0.3) is 0 Å². The zero-order valence-corrected chi connectivity index (χ0v) is 13.0. The molecule has 20 heavy (non-hydrogen) atoms. The minimum atomic E-state index is -0.412. The summed E-state index contributed by atoms with van der Waals surface area (Å²) in [6, 6.07) is 0. The van der Waals surface area contributed by atoms with Crippen molar-refractivity contribution in [3.63, 3.8) is 0 Å². The number of carbonyl (C=O) groups excluding carboxylic acids is 1. The lowest BCUT2D eigenvalue weighted by Crippen LogP contribution is -2.14. The van der Waals surface area contributed by atoms with E-state index in [2.05, 4.69) is 24.2 Å². The molecule has 0 fully saturated rings. The Morgan fingerprint density at radius 1 is 1.20 bits per heavy atom. The third-order valence-electron chi connectivity index (χ3n) is 2.62. The van der Waals surface area contributed by atoms with E-state index in [1.165, 1.54) is 0 Å². The van der Waals surface area contributed by atoms with Crippen LogP contribution in [0.4, 0.5) is 0 Å². The molecule has 114 valence electrons. The minimum Gasteiger partial charge on any atom is -0.461 e. The van der Waals surface area contributed by atoms with Crippen LogP contribution >= 0.6 is 0 Å². The van der Waals surface area contributed by atoms with Gasteiger partial charge in [-0.15, -0.1) is 5.10 Å². The first kappa shape index (κ1) is 16.6. The average Bonchev–Trinajstić information content (AvgIpc) is 2.73. The Bertz CT molecular complexity index is 427. The van der Waals surface area contributed by atoms with Crippen LogP contribution in [0.5, 0.6) is 0 Å². The molecule has 0 aliphatic rings. The van der Waals surface area contributed by atoms with Crippen LogP contribution in [0.1, 0.15) is 43.9 Å². The second kappa shape index (κ2) is 7.99. The highest BCUT2D eigenvalue weighted by Gasteiger charge is 2.18. The zero-order valence-electron chi connectivity index (χ0n) is 13.0. The number of esters is 1. The van der Waals surface area contributed by atoms with Crippen LogP contribution in [0.2, 0.25) is 0 Å². The third kappa shape index (κ3) is 5.28. The van der Waals surface area contributed by atoms with E-state index in [0.717, 1.165) is 6.61 Å². The van der Waals surface area contributed by atoms with Crippen molar-refractivity contribution >= 4 is 5.97 Å². The minimum absolute atomic E-state index is 0.287. The van der Waals surface area contributed by atoms with E-state index in [9.17, 15) is 4.79 Å². The van der Waals surface area contributed by atoms with Gasteiger partial charge in [0, 0.05) is 6.61 Å². The van der Waals surface area contributed by atoms with Gasteiger partial charge in [0.15, 0.2) is 5.69 Å². The highest BCUT2D eigenvalue weighted by molar-refractivity contribution is 5.88. The number of aromatic nitrogens is 3. The highest BCUT2D eigenvalue weighted by Crippen LogP contribution is 2.07. The van der Waals surface area contributed by atoms with Crippen LogP contribution in [-0.2, 0) is 16.0 Å². The molecule has 1 heterocycles. The van der Waals surface area contributed by atoms with E-state index in [0.29, 0.717) is 37.3 Å². The molecule has 0 spiro atoms. The van der Waals surface area contributed by atoms with Crippen molar-refractivity contribution in [3.05, 3.63) is 11.4 Å². The molecule has 0 aromatic carbocycles. The molecule has 1 aromatic heterocycles. The van der Waals surface area contributed by atoms with E-state index in [1.54, 1.807) is 4.68 Å². The molecule has 6 nitrogen and oxygen atoms in total. The molecule has 0 bridgehead atoms. The van der Waals surface area contributed by atoms with Gasteiger partial charge in [-0.05, 0) is 18.8 Å². The Balaban J connectivity index is 2.49. The van der Waals surface area contributed by atoms with Gasteiger partial charge < -0.3 is 9.47 Å². The standard InChI is InChI=1S/C14H25N3O3/c1-10(2)8-19-7-6-17-12(5)13(15-16-17)14(18)20-9-11(3)4/h10-11H,6-9H2,1-5H3. The van der Waals surface area contributed by atoms with Crippen molar-refractivity contribution in [2.45, 2.75) is 41.2 Å². The predicted octanol–water partition coefficient (Wildman–Crippen LogP) is 2.07. The first-order valence-corrected chi connectivity index (χ1v) is 7.06. The zero-order chi connectivity index (χ0) is 15.1. The number of ether oxygens (including phenoxy) is 2. The maximum absolute atomic E-state index is 11.8. The summed E-state index contributed by atoms with van der Waals surface area (Å²) in [5, 5.41) is 7.86. The molecule has 0 saturated carbocycles. The second-order valence-corrected chi connectivity index (χ2v) is 5.71. The molecule has 0 aliphatic carbocycles. The Labute approximate surface area is 120 Å². The average molecular weight is 283 g/mol. The van der Waals surface area contributed by atoms with Gasteiger partial charge in [-0.3, -0.25) is 0 Å². The lowest BCUT2D eigenvalue weighted by molar-refractivity contribution is 0.0451. The molecule has 0 N–H and O–H groups in total. The third-order valence-corrected chi connectivity index (χ3v) is 2.62. The van der Waals surface area contributed by atoms with Gasteiger partial charge in [0.1, 0.15) is 0 Å². The fourth-order valence-corrected chi connectivity index (χ4v) is 1.54. The molecule has 0 aliphatic heterocycles. The Hall–Kier alpha value is -1.43. The molecule has 1 aromatic rings. The quantitative estimate of drug-likeness (QED) is 0.540. The van der Waals surface area contributed by atoms with Crippen LogP contribution < -0.4 is 0 Å². The molecule has 6 heteroatoms. The maximum atomic E-state index is 11.8. The van der Waals surface area contributed by atoms with Crippen LogP contribution in [0.3, 0.4) is 0 Å². The SMILES string of the molecule is Cc1c(C(=O)OCC(C)C)nnn1CCOCC(C)C. The molecule has 1 rings (SSSR count). The molecule has 0 unspecified atom stereocenters. The number of carbonyl (C=O) groups is 1. The molecule has 0 amide bonds. The van der Waals surface area contributed by atoms with Crippen LogP contribution in [-0.4, -0.2) is 40.8 Å². The summed E-state index contributed by atoms with van der Waals surface area (Å²) in [6.45, 7) is 12.2. The fraction of sp³-hybridized carbons (Fsp3) is 0.786. The summed E-state index contributed by atoms with van der Waals surface area (Å²) in [6.07, 6.45) is 0. The van der Waals surface area contributed by atoms with Crippen molar-refractivity contribution in [3.8, 4) is 0 Å². The summed E-state index contributed by atoms with van der Waals surface area (Å²) in [7, 11) is 0. The van der Waals surface area contributed by atoms with Gasteiger partial charge in [-0.1, -0.05) is 32.9 Å². The lowest BCUT2D eigenvalue weighted by atomic mass is 10.2. The van der Waals surface area contributed by atoms with Gasteiger partial charge >= 0.3 is 5.97 Å². The summed E-state index contributed by atoms with van der Waals surface area (Å²) in [5.41, 5.74) is 1.00. The van der Waals surface area contributed by atoms with Crippen molar-refractivity contribution in [2.75, 3.05) is 19.8 Å². The van der Waals surface area contributed by atoms with E-state index in [4.69, 9.17) is 9.47 Å². The first-order chi connectivity index (χ1) is 9.41. The normalized spacial score (nSPS) is 11.3. The summed E-state index contributed by atoms with van der Waals surface area (Å²) < 4.78 is 12.3. The van der Waals surface area contributed by atoms with Crippen molar-refractivity contribution in [1.29, 1.82) is 0 Å². The van der Waals surface area contributed by atoms with E-state index in [-0.39, 0.29) is 5.69 Å². The Kier molecular flexibility index (Phi) is 6.64. The first-order valence-electron chi connectivity index (χ1n) is 7.06. The topological polar surface area (TPSA) is 66.2 Å². The predicted molar refractivity (Wildman–Crippen MR) is 75.5 cm³/mol. The monoisotopic (exact) mass is 283 g/mol. The van der Waals surface area contributed by atoms with Gasteiger partial charge in [-0.2, -0.15) is 0 Å². The second-order valence-electron chi connectivity index (χ2n) is 5.71. The van der Waals surface area contributed by atoms with Gasteiger partial charge in [0.2, 0.25) is 0 Å². The molecular weight excluding hydrogens is 258 g/mol. The smallest absolute Gasteiger partial charge is 0.360 e. The molecule has 0 saturated heterocycles. The maximum Gasteiger partial charge on any atom is 0.360 e. The highest BCUT2D eigenvalue weighted by atomic mass is 16.5. The number of rotatable bonds is 8. The number of nitrogens with zero attached hydrogens (tertiary/aromatic N) is 3. The van der Waals surface area contributed by atoms with Crippen LogP contribution in [0, 0.1) is 18.8 Å². The largest absolute Gasteiger partial charge is 0.461 e. The Morgan fingerprint density at radius 2 is 1.85 bits per heavy atom. The summed E-state index contributed by atoms with van der Waals surface area (Å²) in [4.78, 5) is 11.8. The van der Waals surface area contributed by atoms with Gasteiger partial charge in [0.25, 0.3) is 0 Å². The van der Waals surface area contributed by atoms with E-state index >= 15 is 0 Å². The van der Waals surface area contributed by atoms with Crippen molar-refractivity contribution in [1.82, 2.24) is 15.0 Å². The van der Waals surface area contributed by atoms with E-state index < -0.39 is 5.97 Å². The molecular formula is C14H25N3O3. The molecule has 0 radical (unpaired) electrons. The molecule has 0 atom stereocenters. The number of hydrogen-bond acceptors (Lipinski definition) is 5. The Morgan fingerprint density at radius 3 is 2.45 bits per heavy atom. The number of hydrogen-bond donors (Lipinski definition) is 0. The van der Waals surface area contributed by atoms with Gasteiger partial charge in [0.05, 0.1) is 25.5 Å². The van der Waals surface area contributed by atoms with E-state index in [1.807, 2.05) is 20.8 Å². The summed E-state index contributed by atoms with van der Waals surface area (Å²) in [5.74, 6) is 0.401. The van der Waals surface area contributed by atoms with Gasteiger partial charge in [-0.25, -0.2) is 9.48 Å². The van der Waals surface area contributed by atoms with Crippen molar-refractivity contribution < 1.29 is 14.3 Å². The summed E-state index contributed by atoms with van der Waals surface area (Å²) >= 11 is 0. The van der Waals surface area contributed by atoms with Crippen molar-refractivity contribution in [2.24, 2.45) is 11.8 Å². The van der Waals surface area contributed by atoms with Crippen LogP contribution in [0.15, 0.2) is 0 Å². The fourth-order valence-electron chi connectivity index (χ4n) is 1.54. The lowest BCUT2D eigenvalue weighted by Gasteiger charge is -2.08.